The Morgan fingerprint density at radius 2 is 0.479 bits per heavy atom. The molecule has 36 rings (SSSR count). The predicted molar refractivity (Wildman–Crippen MR) is 555 cm³/mol. The number of hydrogen-bond donors (Lipinski definition) is 0. The molecule has 12 nitrogen and oxygen atoms in total. The minimum atomic E-state index is 0.871. The van der Waals surface area contributed by atoms with Crippen molar-refractivity contribution in [1.29, 1.82) is 0 Å². The van der Waals surface area contributed by atoms with E-state index in [2.05, 4.69) is 284 Å². The molecule has 8 aromatic heterocycles. The second-order valence-corrected chi connectivity index (χ2v) is 40.7. The van der Waals surface area contributed by atoms with Crippen molar-refractivity contribution in [2.24, 2.45) is 0 Å². The van der Waals surface area contributed by atoms with Crippen LogP contribution in [0.3, 0.4) is 0 Å². The number of rotatable bonds is 0. The minimum Gasteiger partial charge on any atom is -0.308 e. The molecule has 0 spiro atoms. The first-order valence-corrected chi connectivity index (χ1v) is 49.7. The molecule has 0 fully saturated rings. The van der Waals surface area contributed by atoms with Crippen LogP contribution in [-0.2, 0) is 103 Å². The number of aromatic nitrogens is 8. The largest absolute Gasteiger partial charge is 0.308 e. The van der Waals surface area contributed by atoms with Crippen molar-refractivity contribution in [2.75, 3.05) is 19.6 Å². The molecule has 16 heterocycles. The number of nitrogens with zero attached hydrogens (tertiary/aromatic N) is 12. The van der Waals surface area contributed by atoms with Crippen molar-refractivity contribution in [3.8, 4) is 89.0 Å². The van der Waals surface area contributed by atoms with Crippen LogP contribution in [0.2, 0.25) is 0 Å². The second-order valence-electron chi connectivity index (χ2n) is 40.7. The zero-order chi connectivity index (χ0) is 90.7. The second kappa shape index (κ2) is 28.4. The van der Waals surface area contributed by atoms with Gasteiger partial charge in [-0.05, 0) is 369 Å². The zero-order valence-electron chi connectivity index (χ0n) is 76.7. The number of benzene rings is 12. The third kappa shape index (κ3) is 10.5. The Balaban J connectivity index is 0.0000000829. The van der Waals surface area contributed by atoms with Crippen LogP contribution in [-0.4, -0.2) is 39.9 Å². The van der Waals surface area contributed by atoms with Gasteiger partial charge in [0.25, 0.3) is 0 Å². The standard InChI is InChI=1S/4C32H21N3/c1-2-6-22-18(4-1)14-19-7-8-24-23-9-10-29-26(25(23)16-27(24)30(19)22)17-28-31-20(11-13-33-28)15-21-5-3-12-34-32(21)35(29)31;1-2-5-20-18(4-1)14-24-21(20)7-8-22-23-9-10-30-27(26(23)16-25(22)24)17-29-32-19(11-13-34-29)15-28-31(35(30)32)6-3-12-33-28;1-2-4-21-18(3-1)14-25-22(21)5-6-23-24-7-8-31-28(27(24)15-26(23)25)16-29-32-19(9-12-34-29)13-20-17-33-11-10-30(20)35(31)32;1-2-4-22-18(3-1)13-20-5-6-24-23-7-8-29-26(25(23)15-27(24)31(20)22)16-28-32-21(10-12-34-28)14-19-9-11-33-17-30(19)35(29)32/h2*1-13H,14-17H2;2*1-12,17H,13-16H2. The maximum atomic E-state index is 4.89. The molecule has 656 valence electrons. The Kier molecular flexibility index (Phi) is 15.4. The van der Waals surface area contributed by atoms with Gasteiger partial charge in [-0.1, -0.05) is 176 Å². The SMILES string of the molecule is c1ccc2c(c1)Cc1c-2ccc2c1Cc1c-2ccc2c1Cc1nccc3c1N2c1cccnc1C3.c1ccc2c(c1)Cc1c-2ccc2c1Cc1c-2ccc2c1Cc1nccc3c1N2c1ccncc1C3.c1ccc2c(c1)Cc1ccc3c(c1-2)Cc1c-3ccc2c1Cc1nccc3c1N2c1cnccc1C3.c1ccc2c(c1)Cc1ccc3c(c1-2)Cc1c-3ccc2c1Cc1nccc3c1N2c1ncccc1C3. The molecule has 140 heavy (non-hydrogen) atoms. The number of pyridine rings is 8. The molecule has 0 bridgehead atoms. The molecule has 0 radical (unpaired) electrons. The van der Waals surface area contributed by atoms with Gasteiger partial charge < -0.3 is 14.7 Å². The molecule has 8 aliphatic heterocycles. The predicted octanol–water partition coefficient (Wildman–Crippen LogP) is 27.6. The van der Waals surface area contributed by atoms with Gasteiger partial charge in [-0.25, -0.2) is 4.98 Å². The maximum Gasteiger partial charge on any atom is 0.141 e. The van der Waals surface area contributed by atoms with Crippen LogP contribution >= 0.6 is 0 Å². The van der Waals surface area contributed by atoms with Gasteiger partial charge in [0.05, 0.1) is 97.2 Å². The van der Waals surface area contributed by atoms with Crippen LogP contribution in [0.25, 0.3) is 89.0 Å². The van der Waals surface area contributed by atoms with Gasteiger partial charge in [0.1, 0.15) is 5.82 Å². The molecule has 0 saturated carbocycles. The van der Waals surface area contributed by atoms with E-state index in [0.29, 0.717) is 0 Å². The van der Waals surface area contributed by atoms with E-state index in [4.69, 9.17) is 29.9 Å². The van der Waals surface area contributed by atoms with Gasteiger partial charge in [-0.15, -0.1) is 0 Å². The van der Waals surface area contributed by atoms with E-state index >= 15 is 0 Å². The summed E-state index contributed by atoms with van der Waals surface area (Å²) in [6.45, 7) is 0. The third-order valence-electron chi connectivity index (χ3n) is 34.0. The first kappa shape index (κ1) is 76.2. The maximum absolute atomic E-state index is 4.89. The van der Waals surface area contributed by atoms with E-state index in [-0.39, 0.29) is 0 Å². The van der Waals surface area contributed by atoms with Crippen LogP contribution in [0.1, 0.15) is 179 Å². The lowest BCUT2D eigenvalue weighted by atomic mass is 9.87. The Hall–Kier alpha value is -17.0. The first-order chi connectivity index (χ1) is 69.4. The van der Waals surface area contributed by atoms with Crippen LogP contribution < -0.4 is 19.6 Å². The van der Waals surface area contributed by atoms with Crippen LogP contribution in [0, 0.1) is 0 Å². The highest BCUT2D eigenvalue weighted by atomic mass is 15.2. The summed E-state index contributed by atoms with van der Waals surface area (Å²) in [4.78, 5) is 47.8. The summed E-state index contributed by atoms with van der Waals surface area (Å²) >= 11 is 0. The van der Waals surface area contributed by atoms with Crippen LogP contribution in [0.5, 0.6) is 0 Å². The molecule has 8 aliphatic carbocycles. The van der Waals surface area contributed by atoms with Gasteiger partial charge in [0.2, 0.25) is 0 Å². The Bertz CT molecular complexity index is 8620. The van der Waals surface area contributed by atoms with E-state index in [0.717, 1.165) is 114 Å². The molecule has 0 unspecified atom stereocenters. The van der Waals surface area contributed by atoms with Gasteiger partial charge in [0, 0.05) is 107 Å². The molecule has 0 saturated heterocycles. The summed E-state index contributed by atoms with van der Waals surface area (Å²) < 4.78 is 0. The fourth-order valence-electron chi connectivity index (χ4n) is 28.2. The zero-order valence-corrected chi connectivity index (χ0v) is 76.7. The summed E-state index contributed by atoms with van der Waals surface area (Å²) in [7, 11) is 0. The number of hydrogen-bond acceptors (Lipinski definition) is 12. The molecule has 12 aromatic carbocycles. The highest BCUT2D eigenvalue weighted by Gasteiger charge is 2.45. The van der Waals surface area contributed by atoms with Gasteiger partial charge in [-0.3, -0.25) is 39.8 Å². The fourth-order valence-corrected chi connectivity index (χ4v) is 28.2. The lowest BCUT2D eigenvalue weighted by Gasteiger charge is -2.39. The topological polar surface area (TPSA) is 116 Å². The summed E-state index contributed by atoms with van der Waals surface area (Å²) in [5.41, 5.74) is 81.2. The summed E-state index contributed by atoms with van der Waals surface area (Å²) in [6, 6.07) is 94.9. The van der Waals surface area contributed by atoms with Crippen molar-refractivity contribution in [2.45, 2.75) is 103 Å². The van der Waals surface area contributed by atoms with Crippen molar-refractivity contribution in [3.05, 3.63) is 495 Å². The van der Waals surface area contributed by atoms with Crippen molar-refractivity contribution >= 4 is 68.4 Å². The van der Waals surface area contributed by atoms with Crippen LogP contribution in [0.15, 0.2) is 317 Å². The lowest BCUT2D eigenvalue weighted by Crippen LogP contribution is -2.26. The van der Waals surface area contributed by atoms with Crippen LogP contribution in [0.4, 0.5) is 68.4 Å². The third-order valence-corrected chi connectivity index (χ3v) is 34.0. The average molecular weight is 1790 g/mol. The van der Waals surface area contributed by atoms with Gasteiger partial charge >= 0.3 is 0 Å². The van der Waals surface area contributed by atoms with E-state index in [1.54, 1.807) is 0 Å². The number of anilines is 12. The normalized spacial score (nSPS) is 14.9. The number of fused-ring (bicyclic) bond motifs is 48. The summed E-state index contributed by atoms with van der Waals surface area (Å²) in [5, 5.41) is 0. The average Bonchev–Trinajstić information content (AvgIpc) is 1.45. The van der Waals surface area contributed by atoms with Gasteiger partial charge in [-0.2, -0.15) is 0 Å². The minimum absolute atomic E-state index is 0.871. The highest BCUT2D eigenvalue weighted by molar-refractivity contribution is 6.01. The van der Waals surface area contributed by atoms with Crippen molar-refractivity contribution in [3.63, 3.8) is 0 Å². The smallest absolute Gasteiger partial charge is 0.141 e. The Morgan fingerprint density at radius 3 is 0.986 bits per heavy atom. The summed E-state index contributed by atoms with van der Waals surface area (Å²) in [5.74, 6) is 1.06. The first-order valence-electron chi connectivity index (χ1n) is 49.7. The molecule has 16 aliphatic rings. The molecule has 0 amide bonds. The molecule has 20 aromatic rings. The van der Waals surface area contributed by atoms with Crippen molar-refractivity contribution in [1.82, 2.24) is 39.9 Å². The van der Waals surface area contributed by atoms with E-state index in [1.807, 2.05) is 62.0 Å². The highest BCUT2D eigenvalue weighted by Crippen LogP contribution is 2.62. The molecule has 0 atom stereocenters. The molecular weight excluding hydrogens is 1710 g/mol. The van der Waals surface area contributed by atoms with Crippen molar-refractivity contribution < 1.29 is 0 Å². The Labute approximate surface area is 809 Å². The fraction of sp³-hybridized carbons (Fsp3) is 0.125. The molecule has 0 N–H and O–H groups in total. The van der Waals surface area contributed by atoms with E-state index in [9.17, 15) is 0 Å². The molecular formula is C128H84N12. The van der Waals surface area contributed by atoms with E-state index in [1.165, 1.54) is 325 Å². The Morgan fingerprint density at radius 1 is 0.150 bits per heavy atom. The van der Waals surface area contributed by atoms with E-state index < -0.39 is 0 Å². The van der Waals surface area contributed by atoms with Gasteiger partial charge in [0.15, 0.2) is 0 Å². The summed E-state index contributed by atoms with van der Waals surface area (Å²) in [6.07, 6.45) is 35.0. The molecule has 12 heteroatoms. The monoisotopic (exact) mass is 1790 g/mol. The lowest BCUT2D eigenvalue weighted by molar-refractivity contribution is 0.928. The quantitative estimate of drug-likeness (QED) is 0.144.